The third-order valence-corrected chi connectivity index (χ3v) is 8.56. The van der Waals surface area contributed by atoms with Crippen LogP contribution < -0.4 is 5.32 Å². The summed E-state index contributed by atoms with van der Waals surface area (Å²) in [6.45, 7) is 30.2. The van der Waals surface area contributed by atoms with Crippen molar-refractivity contribution in [2.45, 2.75) is 196 Å². The Morgan fingerprint density at radius 1 is 0.607 bits per heavy atom. The summed E-state index contributed by atoms with van der Waals surface area (Å²) in [5, 5.41) is 11.6. The Bertz CT molecular complexity index is 1630. The van der Waals surface area contributed by atoms with E-state index in [4.69, 9.17) is 32.6 Å². The van der Waals surface area contributed by atoms with E-state index in [9.17, 15) is 46.5 Å². The molecule has 21 nitrogen and oxygen atoms in total. The molecule has 23 heteroatoms. The molecule has 2 aliphatic rings. The van der Waals surface area contributed by atoms with Crippen LogP contribution in [0.15, 0.2) is 0 Å². The molecule has 61 heavy (non-hydrogen) atoms. The second-order valence-electron chi connectivity index (χ2n) is 19.7. The van der Waals surface area contributed by atoms with E-state index in [1.54, 1.807) is 125 Å². The predicted molar refractivity (Wildman–Crippen MR) is 219 cm³/mol. The van der Waals surface area contributed by atoms with Crippen LogP contribution in [-0.2, 0) is 72.7 Å². The number of esters is 3. The van der Waals surface area contributed by atoms with E-state index in [2.05, 4.69) is 9.50 Å². The minimum atomic E-state index is -4.25. The average Bonchev–Trinajstić information content (AvgIpc) is 3.44. The zero-order valence-corrected chi connectivity index (χ0v) is 40.5. The van der Waals surface area contributed by atoms with Crippen molar-refractivity contribution in [2.75, 3.05) is 13.2 Å². The molecule has 0 aromatic heterocycles. The standard InChI is InChI=1S/C13H23NO7S.C13H23NO6S.C12H23NO5/c1-12(2,3)20-10(15)7-9-8-19-22(17,18)14(9)11(16)21-13(4,5)6;1-12(2,3)19-10(15)7-9-8-18-21(17)14(9)11(16)20-13(4,5)6;1-11(2,3)17-9(15)7-8(14)13-10(16)18-12(4,5)6/h9H,7-8H2,1-6H3;9H,7-8H2,1-6H3;8,14H,7H2,1-6H3,(H,13,16)/t9-;9-,21?;8-/m001/s1. The third-order valence-electron chi connectivity index (χ3n) is 6.09. The lowest BCUT2D eigenvalue weighted by molar-refractivity contribution is -0.158. The van der Waals surface area contributed by atoms with Crippen molar-refractivity contribution in [1.82, 2.24) is 13.9 Å². The number of hydrogen-bond acceptors (Lipinski definition) is 18. The Labute approximate surface area is 363 Å². The van der Waals surface area contributed by atoms with Crippen LogP contribution in [-0.4, -0.2) is 128 Å². The van der Waals surface area contributed by atoms with Gasteiger partial charge in [-0.25, -0.2) is 18.6 Å². The molecule has 0 bridgehead atoms. The van der Waals surface area contributed by atoms with Gasteiger partial charge in [-0.3, -0.25) is 28.1 Å². The lowest BCUT2D eigenvalue weighted by Gasteiger charge is -2.26. The summed E-state index contributed by atoms with van der Waals surface area (Å²) in [5.74, 6) is -1.69. The minimum absolute atomic E-state index is 0.00506. The number of aliphatic hydroxyl groups excluding tert-OH is 1. The Hall–Kier alpha value is -3.80. The molecule has 0 spiro atoms. The Balaban J connectivity index is 0.000000891. The molecule has 0 aliphatic carbocycles. The Morgan fingerprint density at radius 2 is 0.984 bits per heavy atom. The van der Waals surface area contributed by atoms with Crippen LogP contribution in [0.25, 0.3) is 0 Å². The molecule has 2 rings (SSSR count). The van der Waals surface area contributed by atoms with E-state index in [1.807, 2.05) is 0 Å². The molecule has 356 valence electrons. The predicted octanol–water partition coefficient (Wildman–Crippen LogP) is 5.09. The van der Waals surface area contributed by atoms with Gasteiger partial charge in [-0.05, 0) is 125 Å². The quantitative estimate of drug-likeness (QED) is 0.191. The minimum Gasteiger partial charge on any atom is -0.460 e. The topological polar surface area (TPSA) is 266 Å². The maximum atomic E-state index is 12.0. The van der Waals surface area contributed by atoms with Gasteiger partial charge in [0.1, 0.15) is 39.8 Å². The number of ether oxygens (including phenoxy) is 6. The number of alkyl carbamates (subject to hydrolysis) is 1. The van der Waals surface area contributed by atoms with E-state index in [0.29, 0.717) is 4.31 Å². The normalized spacial score (nSPS) is 19.8. The number of rotatable bonds is 7. The van der Waals surface area contributed by atoms with Crippen molar-refractivity contribution in [3.63, 3.8) is 0 Å². The molecule has 1 unspecified atom stereocenters. The number of nitrogens with zero attached hydrogens (tertiary/aromatic N) is 2. The highest BCUT2D eigenvalue weighted by molar-refractivity contribution is 7.85. The van der Waals surface area contributed by atoms with Crippen molar-refractivity contribution in [3.8, 4) is 0 Å². The molecule has 2 fully saturated rings. The first-order valence-electron chi connectivity index (χ1n) is 19.3. The smallest absolute Gasteiger partial charge is 0.426 e. The summed E-state index contributed by atoms with van der Waals surface area (Å²) in [5.41, 5.74) is -4.19. The van der Waals surface area contributed by atoms with E-state index < -0.39 is 110 Å². The van der Waals surface area contributed by atoms with Gasteiger partial charge in [0.25, 0.3) is 11.3 Å². The number of carbonyl (C=O) groups excluding carboxylic acids is 6. The summed E-state index contributed by atoms with van der Waals surface area (Å²) in [6.07, 6.45) is -4.66. The Kier molecular flexibility index (Phi) is 20.6. The zero-order valence-electron chi connectivity index (χ0n) is 38.9. The Morgan fingerprint density at radius 3 is 1.39 bits per heavy atom. The highest BCUT2D eigenvalue weighted by Gasteiger charge is 2.46. The van der Waals surface area contributed by atoms with Gasteiger partial charge < -0.3 is 33.5 Å². The number of carbonyl (C=O) groups is 6. The number of hydrogen-bond donors (Lipinski definition) is 2. The van der Waals surface area contributed by atoms with Crippen LogP contribution in [0.5, 0.6) is 0 Å². The second-order valence-corrected chi connectivity index (χ2v) is 22.2. The molecule has 2 heterocycles. The van der Waals surface area contributed by atoms with Gasteiger partial charge in [-0.15, -0.1) is 0 Å². The number of aliphatic hydroxyl groups is 1. The molecular weight excluding hydrogens is 851 g/mol. The number of amides is 3. The van der Waals surface area contributed by atoms with Crippen LogP contribution in [0.4, 0.5) is 14.4 Å². The van der Waals surface area contributed by atoms with Gasteiger partial charge in [0.05, 0.1) is 44.6 Å². The van der Waals surface area contributed by atoms with Gasteiger partial charge in [0.2, 0.25) is 0 Å². The van der Waals surface area contributed by atoms with Crippen molar-refractivity contribution in [1.29, 1.82) is 0 Å². The monoisotopic (exact) mass is 919 g/mol. The summed E-state index contributed by atoms with van der Waals surface area (Å²) < 4.78 is 76.8. The van der Waals surface area contributed by atoms with Crippen LogP contribution in [0.3, 0.4) is 0 Å². The molecule has 0 aromatic rings. The summed E-state index contributed by atoms with van der Waals surface area (Å²) >= 11 is -1.94. The molecule has 0 radical (unpaired) electrons. The molecule has 0 saturated carbocycles. The van der Waals surface area contributed by atoms with Gasteiger partial charge in [-0.1, -0.05) is 0 Å². The molecule has 3 amide bonds. The van der Waals surface area contributed by atoms with Crippen molar-refractivity contribution in [3.05, 3.63) is 0 Å². The lowest BCUT2D eigenvalue weighted by atomic mass is 10.1. The summed E-state index contributed by atoms with van der Waals surface area (Å²) in [6, 6.07) is -1.63. The maximum absolute atomic E-state index is 12.0. The fourth-order valence-corrected chi connectivity index (χ4v) is 6.48. The lowest BCUT2D eigenvalue weighted by Crippen LogP contribution is -2.44. The van der Waals surface area contributed by atoms with E-state index in [1.165, 1.54) is 0 Å². The zero-order chi connectivity index (χ0) is 48.3. The van der Waals surface area contributed by atoms with Crippen molar-refractivity contribution < 1.29 is 83.3 Å². The largest absolute Gasteiger partial charge is 0.460 e. The fraction of sp³-hybridized carbons (Fsp3) is 0.842. The molecule has 0 aromatic carbocycles. The molecule has 2 aliphatic heterocycles. The van der Waals surface area contributed by atoms with Gasteiger partial charge in [0, 0.05) is 0 Å². The number of nitrogens with one attached hydrogen (secondary N) is 1. The highest BCUT2D eigenvalue weighted by atomic mass is 32.2. The van der Waals surface area contributed by atoms with Crippen LogP contribution >= 0.6 is 0 Å². The van der Waals surface area contributed by atoms with Gasteiger partial charge in [-0.2, -0.15) is 17.0 Å². The second kappa shape index (κ2) is 22.0. The molecule has 2 N–H and O–H groups in total. The van der Waals surface area contributed by atoms with Crippen LogP contribution in [0.1, 0.15) is 144 Å². The summed E-state index contributed by atoms with van der Waals surface area (Å²) in [4.78, 5) is 70.4. The van der Waals surface area contributed by atoms with Gasteiger partial charge in [0.15, 0.2) is 0 Å². The third kappa shape index (κ3) is 26.3. The SMILES string of the molecule is CC(C)(C)OC(=O)C[C@@H](O)NC(=O)OC(C)(C)C.CC(C)(C)OC(=O)C[C@H]1COS(=O)(=O)N1C(=O)OC(C)(C)C.CC(C)(C)OC(=O)C[C@H]1COS(=O)N1C(=O)OC(C)(C)C. The van der Waals surface area contributed by atoms with Crippen LogP contribution in [0.2, 0.25) is 0 Å². The highest BCUT2D eigenvalue weighted by Crippen LogP contribution is 2.26. The van der Waals surface area contributed by atoms with E-state index in [0.717, 1.165) is 4.31 Å². The van der Waals surface area contributed by atoms with E-state index in [-0.39, 0.29) is 32.5 Å². The fourth-order valence-electron chi connectivity index (χ4n) is 4.39. The van der Waals surface area contributed by atoms with Crippen LogP contribution in [0, 0.1) is 0 Å². The van der Waals surface area contributed by atoms with Crippen molar-refractivity contribution >= 4 is 57.8 Å². The molecular formula is C38H69N3O18S2. The first-order chi connectivity index (χ1) is 27.0. The van der Waals surface area contributed by atoms with E-state index >= 15 is 0 Å². The average molecular weight is 920 g/mol. The molecule has 2 saturated heterocycles. The van der Waals surface area contributed by atoms with Crippen molar-refractivity contribution in [2.24, 2.45) is 0 Å². The molecule has 4 atom stereocenters. The first kappa shape index (κ1) is 57.2. The summed E-state index contributed by atoms with van der Waals surface area (Å²) in [7, 11) is -4.25. The van der Waals surface area contributed by atoms with Gasteiger partial charge >= 0.3 is 46.5 Å². The maximum Gasteiger partial charge on any atom is 0.426 e. The first-order valence-corrected chi connectivity index (χ1v) is 21.7.